The summed E-state index contributed by atoms with van der Waals surface area (Å²) in [6.07, 6.45) is 0.367. The van der Waals surface area contributed by atoms with Gasteiger partial charge in [0.25, 0.3) is 0 Å². The lowest BCUT2D eigenvalue weighted by Gasteiger charge is -2.13. The summed E-state index contributed by atoms with van der Waals surface area (Å²) in [4.78, 5) is 1.31. The molecule has 1 heterocycles. The Morgan fingerprint density at radius 2 is 2.22 bits per heavy atom. The monoisotopic (exact) mass is 326 g/mol. The summed E-state index contributed by atoms with van der Waals surface area (Å²) in [5, 5.41) is 11.8. The summed E-state index contributed by atoms with van der Waals surface area (Å²) < 4.78 is 6.70. The van der Waals surface area contributed by atoms with E-state index in [0.29, 0.717) is 6.61 Å². The van der Waals surface area contributed by atoms with E-state index in [2.05, 4.69) is 27.4 Å². The molecule has 0 bridgehead atoms. The van der Waals surface area contributed by atoms with E-state index < -0.39 is 6.10 Å². The number of aliphatic hydroxyl groups is 1. The van der Waals surface area contributed by atoms with Crippen molar-refractivity contribution in [1.82, 2.24) is 0 Å². The van der Waals surface area contributed by atoms with Crippen LogP contribution in [0.5, 0.6) is 5.75 Å². The van der Waals surface area contributed by atoms with Gasteiger partial charge < -0.3 is 9.84 Å². The van der Waals surface area contributed by atoms with Crippen LogP contribution >= 0.6 is 27.3 Å². The van der Waals surface area contributed by atoms with Gasteiger partial charge in [-0.05, 0) is 36.6 Å². The maximum absolute atomic E-state index is 9.71. The van der Waals surface area contributed by atoms with Crippen LogP contribution in [-0.4, -0.2) is 11.7 Å². The summed E-state index contributed by atoms with van der Waals surface area (Å²) in [5.74, 6) is 0.754. The Labute approximate surface area is 119 Å². The van der Waals surface area contributed by atoms with E-state index in [9.17, 15) is 5.11 Å². The second-order valence-electron chi connectivity index (χ2n) is 4.04. The molecule has 0 aliphatic carbocycles. The summed E-state index contributed by atoms with van der Waals surface area (Å²) in [5.41, 5.74) is 0.815. The Hall–Kier alpha value is -0.840. The molecule has 1 atom stereocenters. The molecule has 0 fully saturated rings. The van der Waals surface area contributed by atoms with Crippen molar-refractivity contribution in [3.63, 3.8) is 0 Å². The molecule has 0 radical (unpaired) electrons. The molecule has 4 heteroatoms. The minimum atomic E-state index is -0.528. The normalized spacial score (nSPS) is 12.4. The van der Waals surface area contributed by atoms with Crippen LogP contribution in [-0.2, 0) is 6.42 Å². The minimum Gasteiger partial charge on any atom is -0.493 e. The fourth-order valence-corrected chi connectivity index (χ4v) is 2.76. The van der Waals surface area contributed by atoms with Gasteiger partial charge in [0.2, 0.25) is 0 Å². The van der Waals surface area contributed by atoms with Crippen LogP contribution in [0.4, 0.5) is 0 Å². The SMILES string of the molecule is C[C@H](O)c1cc(Br)ccc1OCCc1cccs1. The first kappa shape index (κ1) is 13.6. The quantitative estimate of drug-likeness (QED) is 0.892. The van der Waals surface area contributed by atoms with Gasteiger partial charge in [0, 0.05) is 21.3 Å². The van der Waals surface area contributed by atoms with Gasteiger partial charge >= 0.3 is 0 Å². The predicted octanol–water partition coefficient (Wildman–Crippen LogP) is 4.19. The third-order valence-electron chi connectivity index (χ3n) is 2.61. The number of benzene rings is 1. The molecular weight excluding hydrogens is 312 g/mol. The van der Waals surface area contributed by atoms with Gasteiger partial charge in [-0.25, -0.2) is 0 Å². The molecule has 0 aliphatic rings. The first-order valence-corrected chi connectivity index (χ1v) is 7.47. The average molecular weight is 327 g/mol. The van der Waals surface area contributed by atoms with Crippen LogP contribution in [0, 0.1) is 0 Å². The second kappa shape index (κ2) is 6.36. The maximum Gasteiger partial charge on any atom is 0.125 e. The predicted molar refractivity (Wildman–Crippen MR) is 78.3 cm³/mol. The molecule has 0 amide bonds. The zero-order chi connectivity index (χ0) is 13.0. The topological polar surface area (TPSA) is 29.5 Å². The number of rotatable bonds is 5. The van der Waals surface area contributed by atoms with Crippen LogP contribution in [0.1, 0.15) is 23.5 Å². The van der Waals surface area contributed by atoms with Crippen molar-refractivity contribution in [2.45, 2.75) is 19.4 Å². The Morgan fingerprint density at radius 1 is 1.39 bits per heavy atom. The molecule has 0 spiro atoms. The van der Waals surface area contributed by atoms with E-state index in [-0.39, 0.29) is 0 Å². The molecule has 0 aliphatic heterocycles. The standard InChI is InChI=1S/C14H15BrO2S/c1-10(16)13-9-11(15)4-5-14(13)17-7-6-12-3-2-8-18-12/h2-5,8-10,16H,6-7H2,1H3/t10-/m0/s1. The third-order valence-corrected chi connectivity index (χ3v) is 4.04. The van der Waals surface area contributed by atoms with Crippen LogP contribution < -0.4 is 4.74 Å². The molecule has 0 unspecified atom stereocenters. The molecule has 2 aromatic rings. The van der Waals surface area contributed by atoms with E-state index in [4.69, 9.17) is 4.74 Å². The largest absolute Gasteiger partial charge is 0.493 e. The zero-order valence-electron chi connectivity index (χ0n) is 10.1. The minimum absolute atomic E-state index is 0.528. The van der Waals surface area contributed by atoms with Crippen LogP contribution in [0.3, 0.4) is 0 Å². The maximum atomic E-state index is 9.71. The van der Waals surface area contributed by atoms with Crippen molar-refractivity contribution in [2.75, 3.05) is 6.61 Å². The van der Waals surface area contributed by atoms with Crippen molar-refractivity contribution in [3.05, 3.63) is 50.6 Å². The summed E-state index contributed by atoms with van der Waals surface area (Å²) >= 11 is 5.13. The van der Waals surface area contributed by atoms with Crippen LogP contribution in [0.2, 0.25) is 0 Å². The summed E-state index contributed by atoms with van der Waals surface area (Å²) in [7, 11) is 0. The van der Waals surface area contributed by atoms with Crippen molar-refractivity contribution in [3.8, 4) is 5.75 Å². The van der Waals surface area contributed by atoms with Crippen molar-refractivity contribution >= 4 is 27.3 Å². The van der Waals surface area contributed by atoms with Gasteiger partial charge in [-0.15, -0.1) is 11.3 Å². The number of hydrogen-bond donors (Lipinski definition) is 1. The highest BCUT2D eigenvalue weighted by molar-refractivity contribution is 9.10. The zero-order valence-corrected chi connectivity index (χ0v) is 12.5. The summed E-state index contributed by atoms with van der Waals surface area (Å²) in [6, 6.07) is 9.85. The Balaban J connectivity index is 2.00. The van der Waals surface area contributed by atoms with E-state index in [1.165, 1.54) is 4.88 Å². The highest BCUT2D eigenvalue weighted by atomic mass is 79.9. The molecule has 96 valence electrons. The van der Waals surface area contributed by atoms with Crippen LogP contribution in [0.25, 0.3) is 0 Å². The van der Waals surface area contributed by atoms with Gasteiger partial charge in [0.1, 0.15) is 5.75 Å². The fraction of sp³-hybridized carbons (Fsp3) is 0.286. The smallest absolute Gasteiger partial charge is 0.125 e. The lowest BCUT2D eigenvalue weighted by atomic mass is 10.1. The molecule has 18 heavy (non-hydrogen) atoms. The van der Waals surface area contributed by atoms with E-state index in [1.54, 1.807) is 18.3 Å². The van der Waals surface area contributed by atoms with Crippen molar-refractivity contribution in [1.29, 1.82) is 0 Å². The van der Waals surface area contributed by atoms with E-state index in [0.717, 1.165) is 22.2 Å². The highest BCUT2D eigenvalue weighted by Crippen LogP contribution is 2.28. The number of ether oxygens (including phenoxy) is 1. The number of hydrogen-bond acceptors (Lipinski definition) is 3. The molecule has 1 aromatic heterocycles. The number of aliphatic hydroxyl groups excluding tert-OH is 1. The van der Waals surface area contributed by atoms with Crippen molar-refractivity contribution in [2.24, 2.45) is 0 Å². The van der Waals surface area contributed by atoms with Gasteiger partial charge in [-0.3, -0.25) is 0 Å². The molecular formula is C14H15BrO2S. The molecule has 0 saturated heterocycles. The average Bonchev–Trinajstić information content (AvgIpc) is 2.84. The Kier molecular flexibility index (Phi) is 4.80. The van der Waals surface area contributed by atoms with E-state index in [1.807, 2.05) is 24.3 Å². The van der Waals surface area contributed by atoms with Gasteiger partial charge in [0.15, 0.2) is 0 Å². The highest BCUT2D eigenvalue weighted by Gasteiger charge is 2.09. The lowest BCUT2D eigenvalue weighted by Crippen LogP contribution is -2.04. The molecule has 2 nitrogen and oxygen atoms in total. The fourth-order valence-electron chi connectivity index (χ4n) is 1.69. The Bertz CT molecular complexity index is 495. The Morgan fingerprint density at radius 3 is 2.89 bits per heavy atom. The van der Waals surface area contributed by atoms with Gasteiger partial charge in [-0.2, -0.15) is 0 Å². The van der Waals surface area contributed by atoms with E-state index >= 15 is 0 Å². The first-order valence-electron chi connectivity index (χ1n) is 5.79. The molecule has 1 N–H and O–H groups in total. The van der Waals surface area contributed by atoms with Gasteiger partial charge in [0.05, 0.1) is 12.7 Å². The number of thiophene rings is 1. The lowest BCUT2D eigenvalue weighted by molar-refractivity contribution is 0.191. The molecule has 2 rings (SSSR count). The molecule has 0 saturated carbocycles. The van der Waals surface area contributed by atoms with Crippen molar-refractivity contribution < 1.29 is 9.84 Å². The molecule has 1 aromatic carbocycles. The first-order chi connectivity index (χ1) is 8.66. The van der Waals surface area contributed by atoms with Gasteiger partial charge in [-0.1, -0.05) is 22.0 Å². The third kappa shape index (κ3) is 3.57. The second-order valence-corrected chi connectivity index (χ2v) is 5.98. The van der Waals surface area contributed by atoms with Crippen LogP contribution in [0.15, 0.2) is 40.2 Å². The number of halogens is 1. The summed E-state index contributed by atoms with van der Waals surface area (Å²) in [6.45, 7) is 2.37.